The average Bonchev–Trinajstić information content (AvgIpc) is 2.87. The molecule has 1 aromatic heterocycles. The van der Waals surface area contributed by atoms with Crippen molar-refractivity contribution in [3.05, 3.63) is 36.0 Å². The summed E-state index contributed by atoms with van der Waals surface area (Å²) in [5, 5.41) is 29.0. The molecule has 0 aliphatic carbocycles. The van der Waals surface area contributed by atoms with Gasteiger partial charge in [0.25, 0.3) is 0 Å². The van der Waals surface area contributed by atoms with Gasteiger partial charge in [0, 0.05) is 22.7 Å². The molecule has 0 fully saturated rings. The molecule has 7 nitrogen and oxygen atoms in total. The number of aliphatic hydroxyl groups excluding tert-OH is 1. The second-order valence-electron chi connectivity index (χ2n) is 4.86. The first kappa shape index (κ1) is 15.0. The lowest BCUT2D eigenvalue weighted by molar-refractivity contribution is -0.147. The molecule has 0 bridgehead atoms. The molecule has 3 atom stereocenters. The van der Waals surface area contributed by atoms with Crippen LogP contribution in [-0.2, 0) is 9.59 Å². The molecule has 1 heterocycles. The second kappa shape index (κ2) is 5.94. The molecule has 0 radical (unpaired) electrons. The number of nitrogens with one attached hydrogen (secondary N) is 1. The van der Waals surface area contributed by atoms with Crippen LogP contribution in [-0.4, -0.2) is 38.3 Å². The van der Waals surface area contributed by atoms with Crippen LogP contribution in [0.15, 0.2) is 30.5 Å². The van der Waals surface area contributed by atoms with Crippen LogP contribution >= 0.6 is 0 Å². The maximum atomic E-state index is 11.3. The summed E-state index contributed by atoms with van der Waals surface area (Å²) >= 11 is 0. The lowest BCUT2D eigenvalue weighted by Crippen LogP contribution is -2.36. The fourth-order valence-electron chi connectivity index (χ4n) is 2.29. The molecule has 0 aliphatic heterocycles. The van der Waals surface area contributed by atoms with E-state index in [1.807, 2.05) is 6.07 Å². The zero-order chi connectivity index (χ0) is 15.6. The van der Waals surface area contributed by atoms with Gasteiger partial charge < -0.3 is 26.0 Å². The predicted octanol–water partition coefficient (Wildman–Crippen LogP) is 0.704. The van der Waals surface area contributed by atoms with E-state index in [9.17, 15) is 19.8 Å². The smallest absolute Gasteiger partial charge is 0.320 e. The topological polar surface area (TPSA) is 137 Å². The van der Waals surface area contributed by atoms with Crippen molar-refractivity contribution in [3.63, 3.8) is 0 Å². The molecular weight excluding hydrogens is 276 g/mol. The Hall–Kier alpha value is -2.38. The number of H-pyrrole nitrogens is 1. The van der Waals surface area contributed by atoms with Crippen LogP contribution in [0.2, 0.25) is 0 Å². The van der Waals surface area contributed by atoms with E-state index in [2.05, 4.69) is 4.98 Å². The van der Waals surface area contributed by atoms with Gasteiger partial charge in [0.2, 0.25) is 0 Å². The normalized spacial score (nSPS) is 15.5. The largest absolute Gasteiger partial charge is 0.481 e. The standard InChI is InChI=1S/C14H16N2O5/c15-10(14(20)21)5-8(13(18)19)12(17)9-6-16-11-4-2-1-3-7(9)11/h1-4,6,8,10,12,16-17H,5,15H2,(H,18,19)(H,20,21). The monoisotopic (exact) mass is 292 g/mol. The lowest BCUT2D eigenvalue weighted by atomic mass is 9.90. The number of fused-ring (bicyclic) bond motifs is 1. The first-order valence-corrected chi connectivity index (χ1v) is 6.37. The van der Waals surface area contributed by atoms with E-state index in [0.29, 0.717) is 10.9 Å². The maximum absolute atomic E-state index is 11.3. The molecule has 6 N–H and O–H groups in total. The summed E-state index contributed by atoms with van der Waals surface area (Å²) in [4.78, 5) is 25.0. The Kier molecular flexibility index (Phi) is 4.25. The van der Waals surface area contributed by atoms with E-state index < -0.39 is 30.0 Å². The Morgan fingerprint density at radius 2 is 1.86 bits per heavy atom. The number of aromatic nitrogens is 1. The fraction of sp³-hybridized carbons (Fsp3) is 0.286. The number of benzene rings is 1. The van der Waals surface area contributed by atoms with Crippen LogP contribution in [0.4, 0.5) is 0 Å². The molecule has 0 spiro atoms. The van der Waals surface area contributed by atoms with E-state index in [0.717, 1.165) is 5.52 Å². The molecule has 0 saturated heterocycles. The van der Waals surface area contributed by atoms with E-state index in [1.54, 1.807) is 18.2 Å². The number of para-hydroxylation sites is 1. The number of carbonyl (C=O) groups is 2. The quantitative estimate of drug-likeness (QED) is 0.531. The molecule has 7 heteroatoms. The van der Waals surface area contributed by atoms with Gasteiger partial charge >= 0.3 is 11.9 Å². The summed E-state index contributed by atoms with van der Waals surface area (Å²) in [7, 11) is 0. The molecule has 2 aromatic rings. The first-order valence-electron chi connectivity index (χ1n) is 6.37. The van der Waals surface area contributed by atoms with E-state index in [-0.39, 0.29) is 6.42 Å². The predicted molar refractivity (Wildman–Crippen MR) is 74.6 cm³/mol. The van der Waals surface area contributed by atoms with Gasteiger partial charge in [-0.3, -0.25) is 9.59 Å². The van der Waals surface area contributed by atoms with E-state index >= 15 is 0 Å². The van der Waals surface area contributed by atoms with Crippen molar-refractivity contribution in [2.24, 2.45) is 11.7 Å². The zero-order valence-electron chi connectivity index (χ0n) is 11.1. The number of aliphatic hydroxyl groups is 1. The lowest BCUT2D eigenvalue weighted by Gasteiger charge is -2.20. The fourth-order valence-corrected chi connectivity index (χ4v) is 2.29. The number of carboxylic acids is 2. The number of aromatic amines is 1. The Balaban J connectivity index is 2.32. The number of hydrogen-bond acceptors (Lipinski definition) is 4. The molecule has 0 amide bonds. The van der Waals surface area contributed by atoms with Crippen LogP contribution in [0.1, 0.15) is 18.1 Å². The van der Waals surface area contributed by atoms with Crippen LogP contribution < -0.4 is 5.73 Å². The zero-order valence-corrected chi connectivity index (χ0v) is 11.1. The van der Waals surface area contributed by atoms with Gasteiger partial charge in [0.1, 0.15) is 6.04 Å². The van der Waals surface area contributed by atoms with Gasteiger partial charge in [-0.15, -0.1) is 0 Å². The molecule has 112 valence electrons. The maximum Gasteiger partial charge on any atom is 0.320 e. The average molecular weight is 292 g/mol. The van der Waals surface area contributed by atoms with Gasteiger partial charge in [-0.2, -0.15) is 0 Å². The second-order valence-corrected chi connectivity index (χ2v) is 4.86. The molecule has 0 saturated carbocycles. The first-order chi connectivity index (χ1) is 9.91. The van der Waals surface area contributed by atoms with Crippen LogP contribution in [0.3, 0.4) is 0 Å². The molecular formula is C14H16N2O5. The Labute approximate surface area is 120 Å². The molecule has 1 aromatic carbocycles. The third-order valence-electron chi connectivity index (χ3n) is 3.46. The minimum Gasteiger partial charge on any atom is -0.481 e. The van der Waals surface area contributed by atoms with Crippen molar-refractivity contribution in [2.75, 3.05) is 0 Å². The van der Waals surface area contributed by atoms with Crippen LogP contribution in [0.25, 0.3) is 10.9 Å². The van der Waals surface area contributed by atoms with Gasteiger partial charge in [0.15, 0.2) is 0 Å². The van der Waals surface area contributed by atoms with Crippen LogP contribution in [0, 0.1) is 5.92 Å². The summed E-state index contributed by atoms with van der Waals surface area (Å²) in [6.45, 7) is 0. The van der Waals surface area contributed by atoms with E-state index in [1.165, 1.54) is 6.20 Å². The highest BCUT2D eigenvalue weighted by Gasteiger charge is 2.32. The van der Waals surface area contributed by atoms with E-state index in [4.69, 9.17) is 10.8 Å². The third kappa shape index (κ3) is 3.04. The van der Waals surface area contributed by atoms with Crippen molar-refractivity contribution < 1.29 is 24.9 Å². The minimum absolute atomic E-state index is 0.356. The summed E-state index contributed by atoms with van der Waals surface area (Å²) < 4.78 is 0. The van der Waals surface area contributed by atoms with Crippen molar-refractivity contribution in [2.45, 2.75) is 18.6 Å². The third-order valence-corrected chi connectivity index (χ3v) is 3.46. The molecule has 3 unspecified atom stereocenters. The highest BCUT2D eigenvalue weighted by atomic mass is 16.4. The highest BCUT2D eigenvalue weighted by molar-refractivity contribution is 5.84. The van der Waals surface area contributed by atoms with Crippen molar-refractivity contribution in [3.8, 4) is 0 Å². The Bertz CT molecular complexity index is 666. The summed E-state index contributed by atoms with van der Waals surface area (Å²) in [6.07, 6.45) is -0.174. The van der Waals surface area contributed by atoms with Crippen molar-refractivity contribution in [1.82, 2.24) is 4.98 Å². The highest BCUT2D eigenvalue weighted by Crippen LogP contribution is 2.31. The Morgan fingerprint density at radius 1 is 1.19 bits per heavy atom. The summed E-state index contributed by atoms with van der Waals surface area (Å²) in [5.74, 6) is -3.88. The van der Waals surface area contributed by atoms with Gasteiger partial charge in [-0.05, 0) is 12.5 Å². The number of carboxylic acid groups (broad SMARTS) is 2. The number of hydrogen-bond donors (Lipinski definition) is 5. The Morgan fingerprint density at radius 3 is 2.48 bits per heavy atom. The number of nitrogens with two attached hydrogens (primary N) is 1. The molecule has 0 aliphatic rings. The van der Waals surface area contributed by atoms with Gasteiger partial charge in [-0.25, -0.2) is 0 Å². The van der Waals surface area contributed by atoms with Crippen molar-refractivity contribution in [1.29, 1.82) is 0 Å². The number of aliphatic carboxylic acids is 2. The van der Waals surface area contributed by atoms with Gasteiger partial charge in [0.05, 0.1) is 12.0 Å². The minimum atomic E-state index is -1.34. The summed E-state index contributed by atoms with van der Waals surface area (Å²) in [6, 6.07) is 5.78. The number of rotatable bonds is 6. The molecule has 21 heavy (non-hydrogen) atoms. The molecule has 2 rings (SSSR count). The van der Waals surface area contributed by atoms with Crippen molar-refractivity contribution >= 4 is 22.8 Å². The summed E-state index contributed by atoms with van der Waals surface area (Å²) in [5.41, 5.74) is 6.55. The SMILES string of the molecule is NC(CC(C(=O)O)C(O)c1c[nH]c2ccccc12)C(=O)O. The van der Waals surface area contributed by atoms with Crippen LogP contribution in [0.5, 0.6) is 0 Å². The van der Waals surface area contributed by atoms with Gasteiger partial charge in [-0.1, -0.05) is 18.2 Å².